The molecule has 0 aliphatic carbocycles. The first-order valence-electron chi connectivity index (χ1n) is 11.1. The van der Waals surface area contributed by atoms with Gasteiger partial charge in [0, 0.05) is 12.1 Å². The van der Waals surface area contributed by atoms with Crippen LogP contribution >= 0.6 is 0 Å². The van der Waals surface area contributed by atoms with Gasteiger partial charge in [0.25, 0.3) is 5.56 Å². The van der Waals surface area contributed by atoms with E-state index in [1.807, 2.05) is 12.1 Å². The number of nitrogens with zero attached hydrogens (tertiary/aromatic N) is 5. The van der Waals surface area contributed by atoms with Gasteiger partial charge in [0.2, 0.25) is 5.91 Å². The van der Waals surface area contributed by atoms with Crippen molar-refractivity contribution in [2.45, 2.75) is 46.1 Å². The van der Waals surface area contributed by atoms with Crippen molar-refractivity contribution in [3.8, 4) is 11.3 Å². The molecular weight excluding hydrogens is 392 g/mol. The molecule has 3 aromatic rings. The Bertz CT molecular complexity index is 1110. The number of hydrogen-bond acceptors (Lipinski definition) is 5. The van der Waals surface area contributed by atoms with Crippen LogP contribution in [-0.4, -0.2) is 56.4 Å². The maximum Gasteiger partial charge on any atom is 0.293 e. The van der Waals surface area contributed by atoms with Crippen molar-refractivity contribution in [2.75, 3.05) is 26.2 Å². The zero-order chi connectivity index (χ0) is 21.8. The van der Waals surface area contributed by atoms with E-state index in [1.54, 1.807) is 17.5 Å². The highest BCUT2D eigenvalue weighted by molar-refractivity contribution is 5.75. The number of aromatic nitrogens is 4. The predicted molar refractivity (Wildman–Crippen MR) is 120 cm³/mol. The fourth-order valence-corrected chi connectivity index (χ4v) is 4.06. The standard InChI is InChI=1S/C23H30N6O2/c1-3-18-7-9-19(10-8-18)20-15-21-23(31)28(25-17(2)29(21)26-20)16-22(30)24-11-6-14-27-12-4-5-13-27/h7-10,15H,3-6,11-14,16H2,1-2H3,(H,24,30). The van der Waals surface area contributed by atoms with Gasteiger partial charge in [0.05, 0.1) is 5.69 Å². The molecule has 31 heavy (non-hydrogen) atoms. The Morgan fingerprint density at radius 2 is 1.87 bits per heavy atom. The van der Waals surface area contributed by atoms with E-state index in [0.29, 0.717) is 23.6 Å². The van der Waals surface area contributed by atoms with E-state index in [4.69, 9.17) is 0 Å². The van der Waals surface area contributed by atoms with Crippen molar-refractivity contribution >= 4 is 11.4 Å². The molecule has 1 aromatic carbocycles. The monoisotopic (exact) mass is 422 g/mol. The van der Waals surface area contributed by atoms with Crippen molar-refractivity contribution in [1.82, 2.24) is 29.6 Å². The van der Waals surface area contributed by atoms with Crippen LogP contribution in [0.15, 0.2) is 35.1 Å². The van der Waals surface area contributed by atoms with Gasteiger partial charge in [-0.25, -0.2) is 9.20 Å². The Morgan fingerprint density at radius 1 is 1.13 bits per heavy atom. The van der Waals surface area contributed by atoms with Gasteiger partial charge in [-0.2, -0.15) is 10.2 Å². The number of amides is 1. The lowest BCUT2D eigenvalue weighted by atomic mass is 10.1. The summed E-state index contributed by atoms with van der Waals surface area (Å²) in [5, 5.41) is 11.8. The van der Waals surface area contributed by atoms with Crippen molar-refractivity contribution in [2.24, 2.45) is 0 Å². The SMILES string of the molecule is CCc1ccc(-c2cc3c(=O)n(CC(=O)NCCCN4CCCC4)nc(C)n3n2)cc1. The molecule has 0 saturated carbocycles. The van der Waals surface area contributed by atoms with E-state index in [2.05, 4.69) is 39.5 Å². The lowest BCUT2D eigenvalue weighted by molar-refractivity contribution is -0.121. The van der Waals surface area contributed by atoms with Gasteiger partial charge in [-0.05, 0) is 63.9 Å². The Hall–Kier alpha value is -3.00. The molecular formula is C23H30N6O2. The van der Waals surface area contributed by atoms with Gasteiger partial charge >= 0.3 is 0 Å². The Kier molecular flexibility index (Phi) is 6.46. The zero-order valence-electron chi connectivity index (χ0n) is 18.3. The van der Waals surface area contributed by atoms with Crippen LogP contribution < -0.4 is 10.9 Å². The average molecular weight is 423 g/mol. The second-order valence-electron chi connectivity index (χ2n) is 8.14. The summed E-state index contributed by atoms with van der Waals surface area (Å²) in [6, 6.07) is 9.92. The summed E-state index contributed by atoms with van der Waals surface area (Å²) in [6.07, 6.45) is 4.42. The molecule has 8 nitrogen and oxygen atoms in total. The number of benzene rings is 1. The Morgan fingerprint density at radius 3 is 2.58 bits per heavy atom. The van der Waals surface area contributed by atoms with Crippen LogP contribution in [0.3, 0.4) is 0 Å². The van der Waals surface area contributed by atoms with E-state index in [1.165, 1.54) is 23.1 Å². The topological polar surface area (TPSA) is 84.5 Å². The van der Waals surface area contributed by atoms with Crippen molar-refractivity contribution in [3.63, 3.8) is 0 Å². The number of carbonyl (C=O) groups excluding carboxylic acids is 1. The largest absolute Gasteiger partial charge is 0.354 e. The molecule has 0 radical (unpaired) electrons. The van der Waals surface area contributed by atoms with Crippen molar-refractivity contribution in [3.05, 3.63) is 52.1 Å². The summed E-state index contributed by atoms with van der Waals surface area (Å²) < 4.78 is 2.78. The highest BCUT2D eigenvalue weighted by Gasteiger charge is 2.15. The lowest BCUT2D eigenvalue weighted by Gasteiger charge is -2.14. The van der Waals surface area contributed by atoms with Gasteiger partial charge < -0.3 is 10.2 Å². The van der Waals surface area contributed by atoms with Gasteiger partial charge in [0.1, 0.15) is 17.9 Å². The summed E-state index contributed by atoms with van der Waals surface area (Å²) in [5.74, 6) is 0.363. The predicted octanol–water partition coefficient (Wildman–Crippen LogP) is 2.03. The summed E-state index contributed by atoms with van der Waals surface area (Å²) in [7, 11) is 0. The highest BCUT2D eigenvalue weighted by atomic mass is 16.2. The molecule has 2 aromatic heterocycles. The van der Waals surface area contributed by atoms with Crippen LogP contribution in [-0.2, 0) is 17.8 Å². The van der Waals surface area contributed by atoms with Crippen LogP contribution in [0.4, 0.5) is 0 Å². The Labute approximate surface area is 181 Å². The van der Waals surface area contributed by atoms with Crippen LogP contribution in [0.5, 0.6) is 0 Å². The molecule has 0 unspecified atom stereocenters. The molecule has 0 bridgehead atoms. The fraction of sp³-hybridized carbons (Fsp3) is 0.478. The van der Waals surface area contributed by atoms with E-state index >= 15 is 0 Å². The smallest absolute Gasteiger partial charge is 0.293 e. The normalized spacial score (nSPS) is 14.4. The number of likely N-dealkylation sites (tertiary alicyclic amines) is 1. The lowest BCUT2D eigenvalue weighted by Crippen LogP contribution is -2.36. The van der Waals surface area contributed by atoms with Crippen LogP contribution in [0.2, 0.25) is 0 Å². The second kappa shape index (κ2) is 9.43. The first-order chi connectivity index (χ1) is 15.0. The highest BCUT2D eigenvalue weighted by Crippen LogP contribution is 2.19. The Balaban J connectivity index is 1.44. The third kappa shape index (κ3) is 4.85. The number of carbonyl (C=O) groups is 1. The minimum atomic E-state index is -0.318. The van der Waals surface area contributed by atoms with Gasteiger partial charge in [-0.3, -0.25) is 9.59 Å². The first kappa shape index (κ1) is 21.2. The van der Waals surface area contributed by atoms with Crippen LogP contribution in [0.1, 0.15) is 37.6 Å². The van der Waals surface area contributed by atoms with Gasteiger partial charge in [0.15, 0.2) is 0 Å². The number of rotatable bonds is 8. The maximum absolute atomic E-state index is 12.9. The molecule has 1 aliphatic heterocycles. The second-order valence-corrected chi connectivity index (χ2v) is 8.14. The van der Waals surface area contributed by atoms with E-state index < -0.39 is 0 Å². The summed E-state index contributed by atoms with van der Waals surface area (Å²) >= 11 is 0. The third-order valence-electron chi connectivity index (χ3n) is 5.86. The molecule has 1 aliphatic rings. The number of hydrogen-bond donors (Lipinski definition) is 1. The average Bonchev–Trinajstić information content (AvgIpc) is 3.45. The molecule has 0 atom stereocenters. The van der Waals surface area contributed by atoms with Gasteiger partial charge in [-0.1, -0.05) is 31.2 Å². The first-order valence-corrected chi connectivity index (χ1v) is 11.1. The fourth-order valence-electron chi connectivity index (χ4n) is 4.06. The van der Waals surface area contributed by atoms with Crippen molar-refractivity contribution < 1.29 is 4.79 Å². The molecule has 1 N–H and O–H groups in total. The third-order valence-corrected chi connectivity index (χ3v) is 5.86. The summed E-state index contributed by atoms with van der Waals surface area (Å²) in [6.45, 7) is 7.73. The minimum absolute atomic E-state index is 0.0917. The van der Waals surface area contributed by atoms with E-state index in [9.17, 15) is 9.59 Å². The number of aryl methyl sites for hydroxylation is 2. The molecule has 1 fully saturated rings. The van der Waals surface area contributed by atoms with Crippen molar-refractivity contribution in [1.29, 1.82) is 0 Å². The minimum Gasteiger partial charge on any atom is -0.354 e. The number of nitrogens with one attached hydrogen (secondary N) is 1. The van der Waals surface area contributed by atoms with Crippen LogP contribution in [0.25, 0.3) is 16.8 Å². The van der Waals surface area contributed by atoms with Gasteiger partial charge in [-0.15, -0.1) is 0 Å². The maximum atomic E-state index is 12.9. The van der Waals surface area contributed by atoms with Crippen LogP contribution in [0, 0.1) is 6.92 Å². The molecule has 1 saturated heterocycles. The summed E-state index contributed by atoms with van der Waals surface area (Å²) in [5.41, 5.74) is 3.01. The molecule has 3 heterocycles. The number of fused-ring (bicyclic) bond motifs is 1. The van der Waals surface area contributed by atoms with E-state index in [0.717, 1.165) is 38.0 Å². The van der Waals surface area contributed by atoms with E-state index in [-0.39, 0.29) is 18.0 Å². The molecule has 0 spiro atoms. The molecule has 164 valence electrons. The molecule has 1 amide bonds. The summed E-state index contributed by atoms with van der Waals surface area (Å²) in [4.78, 5) is 27.7. The molecule has 4 rings (SSSR count). The zero-order valence-corrected chi connectivity index (χ0v) is 18.3. The quantitative estimate of drug-likeness (QED) is 0.562. The molecule has 8 heteroatoms.